The monoisotopic (exact) mass is 338 g/mol. The second-order valence-electron chi connectivity index (χ2n) is 5.40. The summed E-state index contributed by atoms with van der Waals surface area (Å²) in [6.45, 7) is 3.83. The standard InChI is InChI=1S/C18H18N4OS/c1-12(20-17(23)9-8-15-11-24-13(2)21-15)18-19-10-16(22-18)14-6-4-3-5-7-14/h3-12H,1-2H3,(H,19,22)(H,20,23)/b9-8+/t12-/m1/s1. The third kappa shape index (κ3) is 3.97. The first-order valence-corrected chi connectivity index (χ1v) is 8.51. The lowest BCUT2D eigenvalue weighted by Gasteiger charge is -2.09. The number of H-pyrrole nitrogens is 1. The van der Waals surface area contributed by atoms with E-state index in [1.807, 2.05) is 49.6 Å². The summed E-state index contributed by atoms with van der Waals surface area (Å²) in [6.07, 6.45) is 4.98. The summed E-state index contributed by atoms with van der Waals surface area (Å²) in [5.74, 6) is 0.547. The van der Waals surface area contributed by atoms with E-state index < -0.39 is 0 Å². The second kappa shape index (κ2) is 7.23. The number of thiazole rings is 1. The minimum absolute atomic E-state index is 0.175. The van der Waals surface area contributed by atoms with Gasteiger partial charge in [-0.15, -0.1) is 11.3 Å². The van der Waals surface area contributed by atoms with Gasteiger partial charge in [0.1, 0.15) is 5.82 Å². The molecule has 24 heavy (non-hydrogen) atoms. The minimum atomic E-state index is -0.211. The quantitative estimate of drug-likeness (QED) is 0.696. The number of nitrogens with zero attached hydrogens (tertiary/aromatic N) is 2. The SMILES string of the molecule is Cc1nc(/C=C/C(=O)N[C@H](C)c2ncc(-c3ccccc3)[nH]2)cs1. The lowest BCUT2D eigenvalue weighted by Crippen LogP contribution is -2.25. The molecule has 6 heteroatoms. The van der Waals surface area contributed by atoms with Crippen LogP contribution in [0.2, 0.25) is 0 Å². The Morgan fingerprint density at radius 2 is 2.12 bits per heavy atom. The molecule has 0 bridgehead atoms. The zero-order valence-electron chi connectivity index (χ0n) is 13.5. The van der Waals surface area contributed by atoms with Crippen LogP contribution in [0.3, 0.4) is 0 Å². The van der Waals surface area contributed by atoms with Crippen molar-refractivity contribution >= 4 is 23.3 Å². The molecule has 2 N–H and O–H groups in total. The summed E-state index contributed by atoms with van der Waals surface area (Å²) in [7, 11) is 0. The molecular formula is C18H18N4OS. The first-order chi connectivity index (χ1) is 11.6. The molecule has 0 spiro atoms. The highest BCUT2D eigenvalue weighted by atomic mass is 32.1. The Kier molecular flexibility index (Phi) is 4.86. The highest BCUT2D eigenvalue weighted by Crippen LogP contribution is 2.18. The topological polar surface area (TPSA) is 70.7 Å². The molecular weight excluding hydrogens is 320 g/mol. The number of hydrogen-bond donors (Lipinski definition) is 2. The molecule has 1 aromatic carbocycles. The van der Waals surface area contributed by atoms with Crippen LogP contribution in [-0.2, 0) is 4.79 Å². The first kappa shape index (κ1) is 16.1. The van der Waals surface area contributed by atoms with Crippen molar-refractivity contribution < 1.29 is 4.79 Å². The maximum absolute atomic E-state index is 12.0. The summed E-state index contributed by atoms with van der Waals surface area (Å²) in [4.78, 5) is 23.9. The minimum Gasteiger partial charge on any atom is -0.343 e. The number of nitrogens with one attached hydrogen (secondary N) is 2. The van der Waals surface area contributed by atoms with Gasteiger partial charge in [-0.2, -0.15) is 0 Å². The van der Waals surface area contributed by atoms with Gasteiger partial charge < -0.3 is 10.3 Å². The van der Waals surface area contributed by atoms with Crippen molar-refractivity contribution in [2.24, 2.45) is 0 Å². The van der Waals surface area contributed by atoms with Gasteiger partial charge in [0.05, 0.1) is 28.6 Å². The van der Waals surface area contributed by atoms with Crippen LogP contribution >= 0.6 is 11.3 Å². The Morgan fingerprint density at radius 3 is 2.83 bits per heavy atom. The van der Waals surface area contributed by atoms with E-state index in [0.717, 1.165) is 27.8 Å². The van der Waals surface area contributed by atoms with E-state index in [4.69, 9.17) is 0 Å². The van der Waals surface area contributed by atoms with Crippen LogP contribution in [0.5, 0.6) is 0 Å². The molecule has 5 nitrogen and oxygen atoms in total. The van der Waals surface area contributed by atoms with Crippen molar-refractivity contribution in [2.75, 3.05) is 0 Å². The van der Waals surface area contributed by atoms with E-state index in [1.54, 1.807) is 23.6 Å². The number of amides is 1. The van der Waals surface area contributed by atoms with E-state index in [-0.39, 0.29) is 11.9 Å². The third-order valence-corrected chi connectivity index (χ3v) is 4.28. The van der Waals surface area contributed by atoms with Crippen molar-refractivity contribution in [3.8, 4) is 11.3 Å². The molecule has 2 aromatic heterocycles. The van der Waals surface area contributed by atoms with Gasteiger partial charge in [-0.1, -0.05) is 30.3 Å². The Balaban J connectivity index is 1.62. The molecule has 1 amide bonds. The van der Waals surface area contributed by atoms with Gasteiger partial charge in [0, 0.05) is 11.5 Å². The van der Waals surface area contributed by atoms with Crippen LogP contribution in [0.4, 0.5) is 0 Å². The van der Waals surface area contributed by atoms with Crippen molar-refractivity contribution in [2.45, 2.75) is 19.9 Å². The molecule has 3 aromatic rings. The Morgan fingerprint density at radius 1 is 1.33 bits per heavy atom. The predicted molar refractivity (Wildman–Crippen MR) is 96.5 cm³/mol. The average molecular weight is 338 g/mol. The molecule has 1 atom stereocenters. The fourth-order valence-electron chi connectivity index (χ4n) is 2.27. The summed E-state index contributed by atoms with van der Waals surface area (Å²) in [5, 5.41) is 5.79. The number of aromatic amines is 1. The summed E-state index contributed by atoms with van der Waals surface area (Å²) in [5.41, 5.74) is 2.79. The summed E-state index contributed by atoms with van der Waals surface area (Å²) in [6, 6.07) is 9.74. The van der Waals surface area contributed by atoms with Gasteiger partial charge in [0.25, 0.3) is 0 Å². The van der Waals surface area contributed by atoms with Crippen molar-refractivity contribution in [3.05, 3.63) is 64.5 Å². The van der Waals surface area contributed by atoms with Crippen molar-refractivity contribution in [1.82, 2.24) is 20.3 Å². The molecule has 2 heterocycles. The van der Waals surface area contributed by atoms with Gasteiger partial charge in [-0.3, -0.25) is 4.79 Å². The highest BCUT2D eigenvalue weighted by Gasteiger charge is 2.12. The van der Waals surface area contributed by atoms with Crippen LogP contribution < -0.4 is 5.32 Å². The van der Waals surface area contributed by atoms with Gasteiger partial charge in [0.15, 0.2) is 0 Å². The number of aryl methyl sites for hydroxylation is 1. The first-order valence-electron chi connectivity index (χ1n) is 7.63. The van der Waals surface area contributed by atoms with E-state index >= 15 is 0 Å². The Labute approximate surface area is 144 Å². The smallest absolute Gasteiger partial charge is 0.244 e. The zero-order chi connectivity index (χ0) is 16.9. The molecule has 0 aliphatic heterocycles. The fraction of sp³-hybridized carbons (Fsp3) is 0.167. The third-order valence-electron chi connectivity index (χ3n) is 3.49. The van der Waals surface area contributed by atoms with Gasteiger partial charge in [0.2, 0.25) is 5.91 Å². The number of aromatic nitrogens is 3. The average Bonchev–Trinajstić information content (AvgIpc) is 3.23. The van der Waals surface area contributed by atoms with Crippen LogP contribution in [0.1, 0.15) is 29.5 Å². The number of carbonyl (C=O) groups is 1. The number of benzene rings is 1. The largest absolute Gasteiger partial charge is 0.343 e. The maximum Gasteiger partial charge on any atom is 0.244 e. The number of imidazole rings is 1. The molecule has 0 aliphatic rings. The molecule has 0 saturated heterocycles. The van der Waals surface area contributed by atoms with Gasteiger partial charge >= 0.3 is 0 Å². The van der Waals surface area contributed by atoms with Crippen LogP contribution in [0, 0.1) is 6.92 Å². The van der Waals surface area contributed by atoms with E-state index in [0.29, 0.717) is 0 Å². The van der Waals surface area contributed by atoms with E-state index in [9.17, 15) is 4.79 Å². The van der Waals surface area contributed by atoms with Gasteiger partial charge in [-0.05, 0) is 25.5 Å². The highest BCUT2D eigenvalue weighted by molar-refractivity contribution is 7.09. The Bertz CT molecular complexity index is 851. The maximum atomic E-state index is 12.0. The second-order valence-corrected chi connectivity index (χ2v) is 6.47. The number of carbonyl (C=O) groups excluding carboxylic acids is 1. The lowest BCUT2D eigenvalue weighted by molar-refractivity contribution is -0.117. The Hall–Kier alpha value is -2.73. The van der Waals surface area contributed by atoms with Crippen LogP contribution in [0.25, 0.3) is 17.3 Å². The number of hydrogen-bond acceptors (Lipinski definition) is 4. The van der Waals surface area contributed by atoms with Crippen molar-refractivity contribution in [1.29, 1.82) is 0 Å². The molecule has 0 saturated carbocycles. The predicted octanol–water partition coefficient (Wildman–Crippen LogP) is 3.73. The van der Waals surface area contributed by atoms with Gasteiger partial charge in [-0.25, -0.2) is 9.97 Å². The van der Waals surface area contributed by atoms with Crippen LogP contribution in [-0.4, -0.2) is 20.9 Å². The summed E-state index contributed by atoms with van der Waals surface area (Å²) >= 11 is 1.56. The fourth-order valence-corrected chi connectivity index (χ4v) is 2.85. The zero-order valence-corrected chi connectivity index (χ0v) is 14.3. The van der Waals surface area contributed by atoms with E-state index in [1.165, 1.54) is 6.08 Å². The summed E-state index contributed by atoms with van der Waals surface area (Å²) < 4.78 is 0. The molecule has 0 unspecified atom stereocenters. The molecule has 0 radical (unpaired) electrons. The molecule has 3 rings (SSSR count). The normalized spacial score (nSPS) is 12.4. The van der Waals surface area contributed by atoms with E-state index in [2.05, 4.69) is 20.3 Å². The lowest BCUT2D eigenvalue weighted by atomic mass is 10.2. The molecule has 0 fully saturated rings. The van der Waals surface area contributed by atoms with Crippen molar-refractivity contribution in [3.63, 3.8) is 0 Å². The molecule has 0 aliphatic carbocycles. The number of rotatable bonds is 5. The molecule has 122 valence electrons. The van der Waals surface area contributed by atoms with Crippen LogP contribution in [0.15, 0.2) is 48.0 Å².